The van der Waals surface area contributed by atoms with Gasteiger partial charge in [-0.3, -0.25) is 14.4 Å². The zero-order valence-corrected chi connectivity index (χ0v) is 20.2. The second kappa shape index (κ2) is 9.73. The fourth-order valence-corrected chi connectivity index (χ4v) is 4.50. The Morgan fingerprint density at radius 1 is 1.00 bits per heavy atom. The molecule has 2 aliphatic heterocycles. The van der Waals surface area contributed by atoms with Gasteiger partial charge in [0.1, 0.15) is 0 Å². The first-order valence-corrected chi connectivity index (χ1v) is 11.8. The van der Waals surface area contributed by atoms with Gasteiger partial charge in [0.05, 0.1) is 17.2 Å². The molecule has 5 rings (SSSR count). The lowest BCUT2D eigenvalue weighted by Gasteiger charge is -2.20. The molecule has 1 saturated heterocycles. The number of hydrogen-bond acceptors (Lipinski definition) is 5. The van der Waals surface area contributed by atoms with Crippen molar-refractivity contribution in [2.75, 3.05) is 23.6 Å². The van der Waals surface area contributed by atoms with E-state index in [1.807, 2.05) is 50.2 Å². The molecule has 2 N–H and O–H groups in total. The number of hydrogen-bond donors (Lipinski definition) is 2. The minimum atomic E-state index is -0.512. The Morgan fingerprint density at radius 2 is 1.81 bits per heavy atom. The van der Waals surface area contributed by atoms with Gasteiger partial charge < -0.3 is 25.0 Å². The largest absolute Gasteiger partial charge is 0.454 e. The van der Waals surface area contributed by atoms with E-state index >= 15 is 0 Å². The number of carbonyl (C=O) groups excluding carboxylic acids is 3. The summed E-state index contributed by atoms with van der Waals surface area (Å²) < 4.78 is 10.7. The molecule has 0 saturated carbocycles. The first-order chi connectivity index (χ1) is 17.4. The Labute approximate surface area is 209 Å². The third-order valence-electron chi connectivity index (χ3n) is 6.68. The first kappa shape index (κ1) is 23.4. The Morgan fingerprint density at radius 3 is 2.67 bits per heavy atom. The van der Waals surface area contributed by atoms with Crippen LogP contribution in [-0.4, -0.2) is 31.1 Å². The van der Waals surface area contributed by atoms with Gasteiger partial charge in [0.2, 0.25) is 18.6 Å². The van der Waals surface area contributed by atoms with Crippen molar-refractivity contribution in [1.82, 2.24) is 5.32 Å². The summed E-state index contributed by atoms with van der Waals surface area (Å²) in [7, 11) is 0. The second-order valence-electron chi connectivity index (χ2n) is 9.03. The fourth-order valence-electron chi connectivity index (χ4n) is 4.50. The third-order valence-corrected chi connectivity index (χ3v) is 6.68. The molecule has 3 aromatic rings. The smallest absolute Gasteiger partial charge is 0.253 e. The minimum absolute atomic E-state index is 0.0846. The zero-order chi connectivity index (χ0) is 25.2. The summed E-state index contributed by atoms with van der Waals surface area (Å²) in [6, 6.07) is 18.2. The van der Waals surface area contributed by atoms with Crippen molar-refractivity contribution in [3.05, 3.63) is 82.9 Å². The number of rotatable bonds is 6. The summed E-state index contributed by atoms with van der Waals surface area (Å²) in [6.45, 7) is 4.75. The van der Waals surface area contributed by atoms with E-state index in [0.717, 1.165) is 22.4 Å². The van der Waals surface area contributed by atoms with Gasteiger partial charge in [-0.15, -0.1) is 0 Å². The van der Waals surface area contributed by atoms with E-state index in [0.29, 0.717) is 35.8 Å². The van der Waals surface area contributed by atoms with E-state index in [1.54, 1.807) is 29.2 Å². The maximum absolute atomic E-state index is 13.1. The predicted octanol–water partition coefficient (Wildman–Crippen LogP) is 3.95. The van der Waals surface area contributed by atoms with E-state index in [-0.39, 0.29) is 30.9 Å². The van der Waals surface area contributed by atoms with E-state index in [2.05, 4.69) is 10.6 Å². The molecule has 8 nitrogen and oxygen atoms in total. The normalized spacial score (nSPS) is 16.2. The third kappa shape index (κ3) is 4.62. The van der Waals surface area contributed by atoms with Gasteiger partial charge in [0.25, 0.3) is 5.91 Å². The molecular formula is C28H27N3O5. The van der Waals surface area contributed by atoms with Crippen molar-refractivity contribution in [1.29, 1.82) is 0 Å². The Balaban J connectivity index is 1.25. The minimum Gasteiger partial charge on any atom is -0.454 e. The van der Waals surface area contributed by atoms with Crippen LogP contribution >= 0.6 is 0 Å². The van der Waals surface area contributed by atoms with Gasteiger partial charge in [-0.1, -0.05) is 30.3 Å². The summed E-state index contributed by atoms with van der Waals surface area (Å²) >= 11 is 0. The van der Waals surface area contributed by atoms with Crippen molar-refractivity contribution >= 4 is 29.1 Å². The number of ether oxygens (including phenoxy) is 2. The molecule has 0 spiro atoms. The number of amides is 3. The van der Waals surface area contributed by atoms with Crippen LogP contribution in [0, 0.1) is 19.8 Å². The first-order valence-electron chi connectivity index (χ1n) is 11.8. The summed E-state index contributed by atoms with van der Waals surface area (Å²) in [5, 5.41) is 5.76. The standard InChI is InChI=1S/C28H27N3O5/c1-17-6-5-9-23(18(17)2)31-15-20(13-26(31)32)27(33)30-22-8-4-3-7-21(22)28(34)29-14-19-10-11-24-25(12-19)36-16-35-24/h3-12,20H,13-16H2,1-2H3,(H,29,34)(H,30,33)/t20-/m0/s1. The van der Waals surface area contributed by atoms with Gasteiger partial charge in [0.15, 0.2) is 11.5 Å². The van der Waals surface area contributed by atoms with Crippen LogP contribution in [0.3, 0.4) is 0 Å². The second-order valence-corrected chi connectivity index (χ2v) is 9.03. The average molecular weight is 486 g/mol. The number of benzene rings is 3. The molecule has 36 heavy (non-hydrogen) atoms. The average Bonchev–Trinajstić information content (AvgIpc) is 3.50. The summed E-state index contributed by atoms with van der Waals surface area (Å²) in [5.41, 5.74) is 4.57. The lowest BCUT2D eigenvalue weighted by atomic mass is 10.1. The van der Waals surface area contributed by atoms with E-state index < -0.39 is 5.92 Å². The Bertz CT molecular complexity index is 1350. The number of fused-ring (bicyclic) bond motifs is 1. The van der Waals surface area contributed by atoms with Crippen LogP contribution in [0.25, 0.3) is 0 Å². The van der Waals surface area contributed by atoms with Crippen molar-refractivity contribution in [2.24, 2.45) is 5.92 Å². The molecule has 8 heteroatoms. The van der Waals surface area contributed by atoms with Crippen molar-refractivity contribution in [2.45, 2.75) is 26.8 Å². The van der Waals surface area contributed by atoms with Crippen LogP contribution in [0.1, 0.15) is 33.5 Å². The van der Waals surface area contributed by atoms with E-state index in [4.69, 9.17) is 9.47 Å². The molecule has 2 heterocycles. The number of nitrogens with zero attached hydrogens (tertiary/aromatic N) is 1. The monoisotopic (exact) mass is 485 g/mol. The molecule has 3 aromatic carbocycles. The highest BCUT2D eigenvalue weighted by Gasteiger charge is 2.36. The fraction of sp³-hybridized carbons (Fsp3) is 0.250. The molecule has 0 bridgehead atoms. The summed E-state index contributed by atoms with van der Waals surface area (Å²) in [6.07, 6.45) is 0.123. The van der Waals surface area contributed by atoms with Gasteiger partial charge in [0, 0.05) is 25.2 Å². The lowest BCUT2D eigenvalue weighted by Crippen LogP contribution is -2.30. The zero-order valence-electron chi connectivity index (χ0n) is 20.2. The van der Waals surface area contributed by atoms with Crippen molar-refractivity contribution in [3.63, 3.8) is 0 Å². The van der Waals surface area contributed by atoms with E-state index in [1.165, 1.54) is 0 Å². The molecule has 0 aliphatic carbocycles. The molecule has 0 aromatic heterocycles. The van der Waals surface area contributed by atoms with Crippen LogP contribution in [0.2, 0.25) is 0 Å². The quantitative estimate of drug-likeness (QED) is 0.551. The maximum Gasteiger partial charge on any atom is 0.253 e. The van der Waals surface area contributed by atoms with Crippen LogP contribution in [-0.2, 0) is 16.1 Å². The highest BCUT2D eigenvalue weighted by Crippen LogP contribution is 2.33. The van der Waals surface area contributed by atoms with Gasteiger partial charge in [-0.2, -0.15) is 0 Å². The van der Waals surface area contributed by atoms with Crippen LogP contribution in [0.15, 0.2) is 60.7 Å². The van der Waals surface area contributed by atoms with Gasteiger partial charge in [-0.25, -0.2) is 0 Å². The van der Waals surface area contributed by atoms with Crippen molar-refractivity contribution in [3.8, 4) is 11.5 Å². The topological polar surface area (TPSA) is 97.0 Å². The number of carbonyl (C=O) groups is 3. The van der Waals surface area contributed by atoms with Gasteiger partial charge in [-0.05, 0) is 60.9 Å². The molecule has 1 fully saturated rings. The summed E-state index contributed by atoms with van der Waals surface area (Å²) in [5.74, 6) is 0.131. The number of para-hydroxylation sites is 1. The van der Waals surface area contributed by atoms with Crippen LogP contribution < -0.4 is 25.0 Å². The molecule has 0 unspecified atom stereocenters. The van der Waals surface area contributed by atoms with Crippen molar-refractivity contribution < 1.29 is 23.9 Å². The van der Waals surface area contributed by atoms with E-state index in [9.17, 15) is 14.4 Å². The molecular weight excluding hydrogens is 458 g/mol. The molecule has 2 aliphatic rings. The summed E-state index contributed by atoms with van der Waals surface area (Å²) in [4.78, 5) is 40.5. The highest BCUT2D eigenvalue weighted by molar-refractivity contribution is 6.07. The number of nitrogens with one attached hydrogen (secondary N) is 2. The lowest BCUT2D eigenvalue weighted by molar-refractivity contribution is -0.122. The maximum atomic E-state index is 13.1. The molecule has 3 amide bonds. The van der Waals surface area contributed by atoms with Crippen LogP contribution in [0.4, 0.5) is 11.4 Å². The van der Waals surface area contributed by atoms with Crippen LogP contribution in [0.5, 0.6) is 11.5 Å². The molecule has 0 radical (unpaired) electrons. The molecule has 1 atom stereocenters. The highest BCUT2D eigenvalue weighted by atomic mass is 16.7. The number of anilines is 2. The Kier molecular flexibility index (Phi) is 6.33. The molecule has 184 valence electrons. The SMILES string of the molecule is Cc1cccc(N2C[C@@H](C(=O)Nc3ccccc3C(=O)NCc3ccc4c(c3)OCO4)CC2=O)c1C. The van der Waals surface area contributed by atoms with Gasteiger partial charge >= 0.3 is 0 Å². The predicted molar refractivity (Wildman–Crippen MR) is 135 cm³/mol. The number of aryl methyl sites for hydroxylation is 1. The Hall–Kier alpha value is -4.33.